The number of amides is 2. The number of carbonyl (C=O) groups excluding carboxylic acids is 2. The maximum Gasteiger partial charge on any atom is 0.364 e. The number of unbranched alkanes of at least 4 members (excludes halogenated alkanes) is 23. The van der Waals surface area contributed by atoms with Gasteiger partial charge < -0.3 is 111 Å². The molecular weight excluding hydrogens is 1140 g/mol. The van der Waals surface area contributed by atoms with E-state index in [1.54, 1.807) is 0 Å². The number of carboxylic acids is 1. The van der Waals surface area contributed by atoms with Crippen LogP contribution in [0.1, 0.15) is 220 Å². The van der Waals surface area contributed by atoms with Crippen LogP contribution < -0.4 is 10.6 Å². The molecule has 0 spiro atoms. The lowest BCUT2D eigenvalue weighted by molar-refractivity contribution is -0.339. The fourth-order valence-electron chi connectivity index (χ4n) is 11.4. The van der Waals surface area contributed by atoms with E-state index in [4.69, 9.17) is 28.4 Å². The minimum Gasteiger partial charge on any atom is -0.477 e. The third-order valence-corrected chi connectivity index (χ3v) is 17.6. The Kier molecular flexibility index (Phi) is 39.4. The average Bonchev–Trinajstić information content (AvgIpc) is 1.35. The molecule has 3 fully saturated rings. The van der Waals surface area contributed by atoms with Crippen LogP contribution in [0.3, 0.4) is 0 Å². The molecule has 25 heteroatoms. The Bertz CT molecular complexity index is 1830. The van der Waals surface area contributed by atoms with E-state index in [9.17, 15) is 85.9 Å². The van der Waals surface area contributed by atoms with E-state index >= 15 is 0 Å². The zero-order valence-corrected chi connectivity index (χ0v) is 52.5. The van der Waals surface area contributed by atoms with Crippen LogP contribution in [0.25, 0.3) is 0 Å². The molecule has 0 aliphatic carbocycles. The molecule has 3 saturated heterocycles. The molecule has 21 unspecified atom stereocenters. The molecule has 3 heterocycles. The standard InChI is InChI=1S/C62H116N2O23/c1-5-7-8-9-10-11-12-13-14-15-16-17-18-19-20-23-27-30-33-43(67)58(79)63-41(50(72)42(66)32-29-26-24-21-22-25-28-31-39(3)6-2)36-82-60-56(78)54(76)52(74)46(86-60)37-84-62(61(80)81)34-44(68)48(57(87-62)51(73)45(69)35-65)64-47(70)38-83-59-55(77)53(75)49(71)40(4)85-59/h39-46,48-57,59-60,65-69,71-78H,5-38H2,1-4H3,(H,63,79)(H,64,70)(H,80,81). The van der Waals surface area contributed by atoms with Crippen molar-refractivity contribution in [3.05, 3.63) is 0 Å². The second-order valence-electron chi connectivity index (χ2n) is 25.0. The molecule has 0 aromatic heterocycles. The van der Waals surface area contributed by atoms with Gasteiger partial charge in [0.15, 0.2) is 12.6 Å². The molecule has 3 aliphatic rings. The monoisotopic (exact) mass is 1260 g/mol. The maximum absolute atomic E-state index is 13.5. The van der Waals surface area contributed by atoms with Crippen molar-refractivity contribution in [1.29, 1.82) is 0 Å². The van der Waals surface area contributed by atoms with Crippen LogP contribution in [0.15, 0.2) is 0 Å². The number of aliphatic carboxylic acids is 1. The highest BCUT2D eigenvalue weighted by atomic mass is 16.7. The van der Waals surface area contributed by atoms with Gasteiger partial charge >= 0.3 is 5.97 Å². The molecule has 3 aliphatic heterocycles. The SMILES string of the molecule is CCCCCCCCCCCCCCCCCCCCC(O)C(=O)NC(COC1OC(COC2(C(=O)O)CC(O)C(NC(=O)COC3OC(C)C(O)C(O)C3O)C(C(O)C(O)CO)O2)C(O)C(O)C1O)C(O)C(O)CCCCCCCCCC(C)CC. The molecule has 87 heavy (non-hydrogen) atoms. The van der Waals surface area contributed by atoms with Crippen molar-refractivity contribution in [2.75, 3.05) is 26.4 Å². The predicted molar refractivity (Wildman–Crippen MR) is 318 cm³/mol. The first-order valence-corrected chi connectivity index (χ1v) is 33.0. The normalized spacial score (nSPS) is 30.2. The van der Waals surface area contributed by atoms with Crippen molar-refractivity contribution in [3.63, 3.8) is 0 Å². The van der Waals surface area contributed by atoms with Crippen molar-refractivity contribution < 1.29 is 114 Å². The first kappa shape index (κ1) is 78.9. The van der Waals surface area contributed by atoms with Gasteiger partial charge in [-0.1, -0.05) is 194 Å². The van der Waals surface area contributed by atoms with Crippen LogP contribution in [0, 0.1) is 5.92 Å². The van der Waals surface area contributed by atoms with Crippen LogP contribution in [0.2, 0.25) is 0 Å². The van der Waals surface area contributed by atoms with Gasteiger partial charge in [0.2, 0.25) is 11.8 Å². The molecule has 0 aromatic rings. The number of ether oxygens (including phenoxy) is 6. The number of rotatable bonds is 48. The Morgan fingerprint density at radius 1 is 0.598 bits per heavy atom. The van der Waals surface area contributed by atoms with Gasteiger partial charge in [0.1, 0.15) is 79.9 Å². The summed E-state index contributed by atoms with van der Waals surface area (Å²) in [6.07, 6.45) is -0.732. The minimum absolute atomic E-state index is 0.121. The first-order valence-electron chi connectivity index (χ1n) is 33.0. The lowest BCUT2D eigenvalue weighted by atomic mass is 9.88. The third-order valence-electron chi connectivity index (χ3n) is 17.6. The largest absolute Gasteiger partial charge is 0.477 e. The highest BCUT2D eigenvalue weighted by Crippen LogP contribution is 2.35. The van der Waals surface area contributed by atoms with Gasteiger partial charge in [-0.05, 0) is 25.7 Å². The fraction of sp³-hybridized carbons (Fsp3) is 0.952. The van der Waals surface area contributed by atoms with Crippen LogP contribution in [0.5, 0.6) is 0 Å². The van der Waals surface area contributed by atoms with Gasteiger partial charge in [-0.2, -0.15) is 0 Å². The molecule has 0 radical (unpaired) electrons. The number of aliphatic hydroxyl groups excluding tert-OH is 13. The topological polar surface area (TPSA) is 414 Å². The second kappa shape index (κ2) is 43.5. The quantitative estimate of drug-likeness (QED) is 0.0389. The molecule has 21 atom stereocenters. The average molecular weight is 1260 g/mol. The number of carbonyl (C=O) groups is 3. The van der Waals surface area contributed by atoms with Crippen LogP contribution in [-0.4, -0.2) is 238 Å². The van der Waals surface area contributed by atoms with Gasteiger partial charge in [-0.3, -0.25) is 9.59 Å². The summed E-state index contributed by atoms with van der Waals surface area (Å²) in [5, 5.41) is 155. The van der Waals surface area contributed by atoms with Crippen LogP contribution in [0.4, 0.5) is 0 Å². The Morgan fingerprint density at radius 2 is 1.08 bits per heavy atom. The highest BCUT2D eigenvalue weighted by Gasteiger charge is 2.57. The molecule has 2 amide bonds. The smallest absolute Gasteiger partial charge is 0.364 e. The Hall–Kier alpha value is -2.35. The number of nitrogens with one attached hydrogen (secondary N) is 2. The summed E-state index contributed by atoms with van der Waals surface area (Å²) >= 11 is 0. The first-order chi connectivity index (χ1) is 41.5. The maximum atomic E-state index is 13.5. The number of hydrogen-bond acceptors (Lipinski definition) is 22. The Balaban J connectivity index is 1.63. The van der Waals surface area contributed by atoms with E-state index < -0.39 is 173 Å². The third kappa shape index (κ3) is 27.8. The summed E-state index contributed by atoms with van der Waals surface area (Å²) in [6, 6.07) is -3.19. The molecule has 16 N–H and O–H groups in total. The van der Waals surface area contributed by atoms with Crippen molar-refractivity contribution in [2.24, 2.45) is 5.92 Å². The Labute approximate surface area is 515 Å². The summed E-state index contributed by atoms with van der Waals surface area (Å²) in [7, 11) is 0. The minimum atomic E-state index is -2.99. The summed E-state index contributed by atoms with van der Waals surface area (Å²) in [5.74, 6) is -6.16. The van der Waals surface area contributed by atoms with E-state index in [0.29, 0.717) is 18.8 Å². The number of aliphatic hydroxyl groups is 13. The van der Waals surface area contributed by atoms with E-state index in [2.05, 4.69) is 31.4 Å². The molecule has 25 nitrogen and oxygen atoms in total. The second-order valence-corrected chi connectivity index (χ2v) is 25.0. The number of carboxylic acid groups (broad SMARTS) is 1. The zero-order chi connectivity index (χ0) is 64.5. The van der Waals surface area contributed by atoms with E-state index in [1.807, 2.05) is 0 Å². The molecule has 0 saturated carbocycles. The lowest BCUT2D eigenvalue weighted by Crippen LogP contribution is -2.69. The summed E-state index contributed by atoms with van der Waals surface area (Å²) in [5.41, 5.74) is 0. The van der Waals surface area contributed by atoms with Crippen molar-refractivity contribution in [3.8, 4) is 0 Å². The molecule has 512 valence electrons. The van der Waals surface area contributed by atoms with Crippen molar-refractivity contribution in [1.82, 2.24) is 10.6 Å². The lowest BCUT2D eigenvalue weighted by Gasteiger charge is -2.47. The molecule has 0 bridgehead atoms. The van der Waals surface area contributed by atoms with E-state index in [-0.39, 0.29) is 12.8 Å². The van der Waals surface area contributed by atoms with E-state index in [0.717, 1.165) is 64.2 Å². The molecular formula is C62H116N2O23. The summed E-state index contributed by atoms with van der Waals surface area (Å²) in [4.78, 5) is 39.7. The fourth-order valence-corrected chi connectivity index (χ4v) is 11.4. The van der Waals surface area contributed by atoms with Gasteiger partial charge in [-0.15, -0.1) is 0 Å². The summed E-state index contributed by atoms with van der Waals surface area (Å²) in [6.45, 7) is 4.28. The molecule has 3 rings (SSSR count). The van der Waals surface area contributed by atoms with E-state index in [1.165, 1.54) is 103 Å². The number of hydrogen-bond donors (Lipinski definition) is 16. The van der Waals surface area contributed by atoms with Gasteiger partial charge in [0, 0.05) is 6.42 Å². The van der Waals surface area contributed by atoms with Gasteiger partial charge in [0.25, 0.3) is 5.79 Å². The van der Waals surface area contributed by atoms with Gasteiger partial charge in [-0.25, -0.2) is 4.79 Å². The summed E-state index contributed by atoms with van der Waals surface area (Å²) < 4.78 is 33.6. The van der Waals surface area contributed by atoms with Crippen LogP contribution in [-0.2, 0) is 42.8 Å². The molecule has 0 aromatic carbocycles. The predicted octanol–water partition coefficient (Wildman–Crippen LogP) is 2.36. The van der Waals surface area contributed by atoms with Crippen LogP contribution >= 0.6 is 0 Å². The van der Waals surface area contributed by atoms with Crippen molar-refractivity contribution in [2.45, 2.75) is 342 Å². The van der Waals surface area contributed by atoms with Crippen molar-refractivity contribution >= 4 is 17.8 Å². The Morgan fingerprint density at radius 3 is 1.59 bits per heavy atom. The zero-order valence-electron chi connectivity index (χ0n) is 52.5. The highest BCUT2D eigenvalue weighted by molar-refractivity contribution is 5.81. The van der Waals surface area contributed by atoms with Gasteiger partial charge in [0.05, 0.1) is 50.2 Å².